The molecule has 0 aliphatic rings. The van der Waals surface area contributed by atoms with E-state index in [2.05, 4.69) is 5.32 Å². The van der Waals surface area contributed by atoms with Gasteiger partial charge in [-0.25, -0.2) is 0 Å². The molecule has 4 heteroatoms. The Kier molecular flexibility index (Phi) is 4.40. The zero-order valence-electron chi connectivity index (χ0n) is 13.9. The van der Waals surface area contributed by atoms with Crippen LogP contribution in [0.2, 0.25) is 0 Å². The third-order valence-corrected chi connectivity index (χ3v) is 4.08. The number of carbonyl (C=O) groups excluding carboxylic acids is 1. The molecule has 0 radical (unpaired) electrons. The Bertz CT molecular complexity index is 864. The number of amides is 1. The molecular formula is C20H21NO3. The van der Waals surface area contributed by atoms with Gasteiger partial charge in [0.05, 0.1) is 13.0 Å². The van der Waals surface area contributed by atoms with Crippen LogP contribution in [0.15, 0.2) is 59.0 Å². The minimum atomic E-state index is -1.23. The van der Waals surface area contributed by atoms with E-state index in [1.54, 1.807) is 19.1 Å². The fourth-order valence-electron chi connectivity index (χ4n) is 2.68. The molecule has 124 valence electrons. The van der Waals surface area contributed by atoms with Crippen LogP contribution in [-0.2, 0) is 16.8 Å². The smallest absolute Gasteiger partial charge is 0.224 e. The van der Waals surface area contributed by atoms with Crippen molar-refractivity contribution in [2.75, 3.05) is 6.54 Å². The van der Waals surface area contributed by atoms with Crippen LogP contribution in [0.3, 0.4) is 0 Å². The molecule has 2 aromatic carbocycles. The van der Waals surface area contributed by atoms with Crippen molar-refractivity contribution in [1.82, 2.24) is 5.32 Å². The van der Waals surface area contributed by atoms with E-state index in [-0.39, 0.29) is 18.9 Å². The summed E-state index contributed by atoms with van der Waals surface area (Å²) in [4.78, 5) is 12.2. The number of aryl methyl sites for hydroxylation is 1. The minimum absolute atomic E-state index is 0.104. The predicted octanol–water partition coefficient (Wildman–Crippen LogP) is 3.31. The van der Waals surface area contributed by atoms with E-state index in [4.69, 9.17) is 4.42 Å². The third-order valence-electron chi connectivity index (χ3n) is 4.08. The number of rotatable bonds is 5. The summed E-state index contributed by atoms with van der Waals surface area (Å²) >= 11 is 0. The summed E-state index contributed by atoms with van der Waals surface area (Å²) in [5.74, 6) is 1.05. The van der Waals surface area contributed by atoms with Gasteiger partial charge in [0.25, 0.3) is 0 Å². The molecule has 24 heavy (non-hydrogen) atoms. The molecule has 0 saturated carbocycles. The molecule has 1 aromatic heterocycles. The highest BCUT2D eigenvalue weighted by Gasteiger charge is 2.27. The fourth-order valence-corrected chi connectivity index (χ4v) is 2.68. The Balaban J connectivity index is 1.62. The lowest BCUT2D eigenvalue weighted by Gasteiger charge is -2.21. The monoisotopic (exact) mass is 323 g/mol. The Labute approximate surface area is 141 Å². The van der Waals surface area contributed by atoms with Crippen LogP contribution in [0.4, 0.5) is 0 Å². The maximum atomic E-state index is 12.2. The SMILES string of the molecule is Cc1ccc(C(C)(O)CNC(=O)Cc2ccc3ccccc3c2)o1. The van der Waals surface area contributed by atoms with Gasteiger partial charge in [-0.2, -0.15) is 0 Å². The first kappa shape index (κ1) is 16.3. The molecule has 4 nitrogen and oxygen atoms in total. The van der Waals surface area contributed by atoms with Crippen LogP contribution in [0.25, 0.3) is 10.8 Å². The van der Waals surface area contributed by atoms with Crippen molar-refractivity contribution in [3.8, 4) is 0 Å². The molecule has 3 aromatic rings. The van der Waals surface area contributed by atoms with Gasteiger partial charge in [-0.05, 0) is 42.3 Å². The number of nitrogens with one attached hydrogen (secondary N) is 1. The number of benzene rings is 2. The summed E-state index contributed by atoms with van der Waals surface area (Å²) in [5.41, 5.74) is -0.285. The summed E-state index contributed by atoms with van der Waals surface area (Å²) in [6.07, 6.45) is 0.276. The summed E-state index contributed by atoms with van der Waals surface area (Å²) in [6, 6.07) is 17.6. The van der Waals surface area contributed by atoms with Gasteiger partial charge in [0.1, 0.15) is 17.1 Å². The summed E-state index contributed by atoms with van der Waals surface area (Å²) < 4.78 is 5.45. The van der Waals surface area contributed by atoms with Gasteiger partial charge < -0.3 is 14.8 Å². The molecule has 1 atom stereocenters. The number of hydrogen-bond acceptors (Lipinski definition) is 3. The first-order chi connectivity index (χ1) is 11.4. The van der Waals surface area contributed by atoms with Crippen molar-refractivity contribution in [2.24, 2.45) is 0 Å². The van der Waals surface area contributed by atoms with E-state index in [9.17, 15) is 9.90 Å². The van der Waals surface area contributed by atoms with E-state index in [0.717, 1.165) is 22.1 Å². The second-order valence-corrected chi connectivity index (χ2v) is 6.32. The number of furan rings is 1. The molecule has 0 fully saturated rings. The maximum absolute atomic E-state index is 12.2. The second kappa shape index (κ2) is 6.49. The lowest BCUT2D eigenvalue weighted by atomic mass is 10.0. The van der Waals surface area contributed by atoms with Crippen LogP contribution in [0.1, 0.15) is 24.0 Å². The summed E-state index contributed by atoms with van der Waals surface area (Å²) in [5, 5.41) is 15.5. The van der Waals surface area contributed by atoms with Gasteiger partial charge in [-0.1, -0.05) is 42.5 Å². The van der Waals surface area contributed by atoms with E-state index in [1.165, 1.54) is 0 Å². The molecule has 0 aliphatic carbocycles. The average Bonchev–Trinajstić information content (AvgIpc) is 3.00. The van der Waals surface area contributed by atoms with Gasteiger partial charge in [0.2, 0.25) is 5.91 Å². The van der Waals surface area contributed by atoms with Gasteiger partial charge in [-0.3, -0.25) is 4.79 Å². The van der Waals surface area contributed by atoms with Crippen LogP contribution in [-0.4, -0.2) is 17.6 Å². The zero-order valence-corrected chi connectivity index (χ0v) is 13.9. The second-order valence-electron chi connectivity index (χ2n) is 6.32. The van der Waals surface area contributed by atoms with Crippen LogP contribution >= 0.6 is 0 Å². The standard InChI is InChI=1S/C20H21NO3/c1-14-7-10-18(24-14)20(2,23)13-21-19(22)12-15-8-9-16-5-3-4-6-17(16)11-15/h3-11,23H,12-13H2,1-2H3,(H,21,22). The van der Waals surface area contributed by atoms with E-state index in [0.29, 0.717) is 5.76 Å². The van der Waals surface area contributed by atoms with Crippen LogP contribution in [0, 0.1) is 6.92 Å². The molecule has 1 heterocycles. The van der Waals surface area contributed by atoms with E-state index in [1.807, 2.05) is 49.4 Å². The zero-order chi connectivity index (χ0) is 17.2. The van der Waals surface area contributed by atoms with Crippen molar-refractivity contribution < 1.29 is 14.3 Å². The maximum Gasteiger partial charge on any atom is 0.224 e. The molecule has 0 bridgehead atoms. The summed E-state index contributed by atoms with van der Waals surface area (Å²) in [6.45, 7) is 3.55. The molecule has 0 spiro atoms. The van der Waals surface area contributed by atoms with Crippen molar-refractivity contribution >= 4 is 16.7 Å². The first-order valence-corrected chi connectivity index (χ1v) is 7.98. The molecule has 0 aliphatic heterocycles. The molecule has 0 saturated heterocycles. The lowest BCUT2D eigenvalue weighted by molar-refractivity contribution is -0.121. The van der Waals surface area contributed by atoms with Crippen molar-refractivity contribution in [2.45, 2.75) is 25.9 Å². The Morgan fingerprint density at radius 3 is 2.58 bits per heavy atom. The summed E-state index contributed by atoms with van der Waals surface area (Å²) in [7, 11) is 0. The first-order valence-electron chi connectivity index (χ1n) is 7.98. The normalized spacial score (nSPS) is 13.6. The van der Waals surface area contributed by atoms with Crippen molar-refractivity contribution in [1.29, 1.82) is 0 Å². The van der Waals surface area contributed by atoms with Gasteiger partial charge in [-0.15, -0.1) is 0 Å². The van der Waals surface area contributed by atoms with E-state index < -0.39 is 5.60 Å². The third kappa shape index (κ3) is 3.66. The van der Waals surface area contributed by atoms with Gasteiger partial charge in [0.15, 0.2) is 0 Å². The highest BCUT2D eigenvalue weighted by molar-refractivity contribution is 5.85. The number of aliphatic hydroxyl groups is 1. The predicted molar refractivity (Wildman–Crippen MR) is 93.7 cm³/mol. The lowest BCUT2D eigenvalue weighted by Crippen LogP contribution is -2.39. The molecule has 1 unspecified atom stereocenters. The highest BCUT2D eigenvalue weighted by atomic mass is 16.4. The molecule has 3 rings (SSSR count). The Morgan fingerprint density at radius 2 is 1.88 bits per heavy atom. The van der Waals surface area contributed by atoms with Crippen LogP contribution < -0.4 is 5.32 Å². The van der Waals surface area contributed by atoms with Gasteiger partial charge in [0, 0.05) is 0 Å². The number of hydrogen-bond donors (Lipinski definition) is 2. The van der Waals surface area contributed by atoms with Crippen LogP contribution in [0.5, 0.6) is 0 Å². The molecule has 1 amide bonds. The number of fused-ring (bicyclic) bond motifs is 1. The fraction of sp³-hybridized carbons (Fsp3) is 0.250. The molecular weight excluding hydrogens is 302 g/mol. The average molecular weight is 323 g/mol. The minimum Gasteiger partial charge on any atom is -0.463 e. The quantitative estimate of drug-likeness (QED) is 0.757. The van der Waals surface area contributed by atoms with Gasteiger partial charge >= 0.3 is 0 Å². The van der Waals surface area contributed by atoms with Crippen molar-refractivity contribution in [3.05, 3.63) is 71.7 Å². The largest absolute Gasteiger partial charge is 0.463 e. The molecule has 2 N–H and O–H groups in total. The van der Waals surface area contributed by atoms with E-state index >= 15 is 0 Å². The number of carbonyl (C=O) groups is 1. The Hall–Kier alpha value is -2.59. The van der Waals surface area contributed by atoms with Crippen molar-refractivity contribution in [3.63, 3.8) is 0 Å². The Morgan fingerprint density at radius 1 is 1.12 bits per heavy atom. The topological polar surface area (TPSA) is 62.5 Å². The highest BCUT2D eigenvalue weighted by Crippen LogP contribution is 2.22.